The van der Waals surface area contributed by atoms with E-state index in [1.165, 1.54) is 18.0 Å². The number of β-amino-alcohol motifs (C(OH)–C–C–N with tert-alkyl or cyclic N) is 1. The van der Waals surface area contributed by atoms with Gasteiger partial charge in [0.15, 0.2) is 0 Å². The van der Waals surface area contributed by atoms with Gasteiger partial charge >= 0.3 is 0 Å². The number of amides is 1. The van der Waals surface area contributed by atoms with Crippen molar-refractivity contribution in [1.82, 2.24) is 30.0 Å². The van der Waals surface area contributed by atoms with Gasteiger partial charge in [-0.25, -0.2) is 9.97 Å². The van der Waals surface area contributed by atoms with Gasteiger partial charge in [-0.05, 0) is 0 Å². The molecule has 0 aliphatic carbocycles. The van der Waals surface area contributed by atoms with E-state index in [4.69, 9.17) is 11.6 Å². The Kier molecular flexibility index (Phi) is 5.08. The second-order valence-electron chi connectivity index (χ2n) is 5.85. The van der Waals surface area contributed by atoms with Crippen LogP contribution in [0.4, 0.5) is 0 Å². The van der Waals surface area contributed by atoms with Gasteiger partial charge < -0.3 is 10.4 Å². The molecule has 0 saturated carbocycles. The van der Waals surface area contributed by atoms with E-state index < -0.39 is 6.10 Å². The van der Waals surface area contributed by atoms with Crippen molar-refractivity contribution in [3.63, 3.8) is 0 Å². The molecule has 2 aromatic heterocycles. The third-order valence-electron chi connectivity index (χ3n) is 3.88. The van der Waals surface area contributed by atoms with Crippen molar-refractivity contribution in [2.24, 2.45) is 7.05 Å². The summed E-state index contributed by atoms with van der Waals surface area (Å²) in [6, 6.07) is 1.39. The fraction of sp³-hybridized carbons (Fsp3) is 0.467. The van der Waals surface area contributed by atoms with E-state index >= 15 is 0 Å². The Hall–Kier alpha value is -2.03. The van der Waals surface area contributed by atoms with Crippen molar-refractivity contribution in [1.29, 1.82) is 0 Å². The van der Waals surface area contributed by atoms with Gasteiger partial charge in [-0.1, -0.05) is 11.6 Å². The highest BCUT2D eigenvalue weighted by Crippen LogP contribution is 2.17. The number of aromatic nitrogens is 4. The zero-order chi connectivity index (χ0) is 17.1. The lowest BCUT2D eigenvalue weighted by atomic mass is 10.1. The number of rotatable bonds is 5. The number of aliphatic hydroxyl groups is 1. The number of aliphatic hydroxyl groups excluding tert-OH is 1. The molecule has 0 radical (unpaired) electrons. The van der Waals surface area contributed by atoms with Crippen LogP contribution in [0.1, 0.15) is 21.7 Å². The van der Waals surface area contributed by atoms with E-state index in [1.54, 1.807) is 0 Å². The highest BCUT2D eigenvalue weighted by molar-refractivity contribution is 6.29. The van der Waals surface area contributed by atoms with E-state index in [-0.39, 0.29) is 23.3 Å². The van der Waals surface area contributed by atoms with Crippen LogP contribution >= 0.6 is 11.6 Å². The average Bonchev–Trinajstić information content (AvgIpc) is 2.92. The molecule has 2 aromatic rings. The molecular weight excluding hydrogens is 332 g/mol. The fourth-order valence-corrected chi connectivity index (χ4v) is 2.93. The molecule has 3 heterocycles. The summed E-state index contributed by atoms with van der Waals surface area (Å²) in [7, 11) is 1.91. The first-order valence-corrected chi connectivity index (χ1v) is 8.06. The quantitative estimate of drug-likeness (QED) is 0.738. The third kappa shape index (κ3) is 4.08. The monoisotopic (exact) mass is 350 g/mol. The lowest BCUT2D eigenvalue weighted by Gasteiger charge is -2.28. The van der Waals surface area contributed by atoms with Gasteiger partial charge in [0.1, 0.15) is 17.2 Å². The Balaban J connectivity index is 1.48. The van der Waals surface area contributed by atoms with Crippen LogP contribution < -0.4 is 5.32 Å². The summed E-state index contributed by atoms with van der Waals surface area (Å²) in [5, 5.41) is 17.4. The SMILES string of the molecule is Cn1cc2c(n1)CCN(CC(O)CNC(=O)c1cc(Cl)ncn1)C2. The van der Waals surface area contributed by atoms with Gasteiger partial charge in [0.05, 0.1) is 11.8 Å². The molecular formula is C15H19ClN6O2. The molecule has 0 aromatic carbocycles. The Morgan fingerprint density at radius 1 is 1.50 bits per heavy atom. The fourth-order valence-electron chi connectivity index (χ4n) is 2.79. The highest BCUT2D eigenvalue weighted by atomic mass is 35.5. The first-order valence-electron chi connectivity index (χ1n) is 7.69. The van der Waals surface area contributed by atoms with E-state index in [9.17, 15) is 9.90 Å². The lowest BCUT2D eigenvalue weighted by molar-refractivity contribution is 0.0837. The molecule has 0 bridgehead atoms. The minimum absolute atomic E-state index is 0.150. The molecule has 1 amide bonds. The molecule has 3 rings (SSSR count). The Morgan fingerprint density at radius 2 is 2.33 bits per heavy atom. The number of halogens is 1. The average molecular weight is 351 g/mol. The molecule has 2 N–H and O–H groups in total. The molecule has 1 aliphatic heterocycles. The van der Waals surface area contributed by atoms with Gasteiger partial charge in [-0.3, -0.25) is 14.4 Å². The van der Waals surface area contributed by atoms with Crippen molar-refractivity contribution in [2.75, 3.05) is 19.6 Å². The number of carbonyl (C=O) groups is 1. The predicted octanol–water partition coefficient (Wildman–Crippen LogP) is 0.0125. The molecule has 0 fully saturated rings. The second kappa shape index (κ2) is 7.25. The van der Waals surface area contributed by atoms with Crippen LogP contribution in [0.25, 0.3) is 0 Å². The van der Waals surface area contributed by atoms with E-state index in [2.05, 4.69) is 25.3 Å². The minimum Gasteiger partial charge on any atom is -0.390 e. The van der Waals surface area contributed by atoms with E-state index in [0.717, 1.165) is 25.2 Å². The minimum atomic E-state index is -0.663. The van der Waals surface area contributed by atoms with Crippen molar-refractivity contribution in [3.8, 4) is 0 Å². The van der Waals surface area contributed by atoms with Gasteiger partial charge in [0.25, 0.3) is 5.91 Å². The number of hydrogen-bond acceptors (Lipinski definition) is 6. The largest absolute Gasteiger partial charge is 0.390 e. The zero-order valence-corrected chi connectivity index (χ0v) is 14.1. The standard InChI is InChI=1S/C15H19ClN6O2/c1-21-6-10-7-22(3-2-12(10)20-21)8-11(23)5-17-15(24)13-4-14(16)19-9-18-13/h4,6,9,11,23H,2-3,5,7-8H2,1H3,(H,17,24). The van der Waals surface area contributed by atoms with E-state index in [0.29, 0.717) is 6.54 Å². The lowest BCUT2D eigenvalue weighted by Crippen LogP contribution is -2.42. The molecule has 1 aliphatic rings. The molecule has 8 nitrogen and oxygen atoms in total. The van der Waals surface area contributed by atoms with Gasteiger partial charge in [-0.15, -0.1) is 0 Å². The number of nitrogens with zero attached hydrogens (tertiary/aromatic N) is 5. The van der Waals surface area contributed by atoms with E-state index in [1.807, 2.05) is 17.9 Å². The first-order chi connectivity index (χ1) is 11.5. The number of hydrogen-bond donors (Lipinski definition) is 2. The molecule has 9 heteroatoms. The van der Waals surface area contributed by atoms with Crippen molar-refractivity contribution in [2.45, 2.75) is 19.1 Å². The molecule has 0 spiro atoms. The second-order valence-corrected chi connectivity index (χ2v) is 6.24. The van der Waals surface area contributed by atoms with Crippen LogP contribution in [-0.2, 0) is 20.0 Å². The first kappa shape index (κ1) is 16.8. The van der Waals surface area contributed by atoms with Gasteiger partial charge in [0.2, 0.25) is 0 Å². The summed E-state index contributed by atoms with van der Waals surface area (Å²) in [4.78, 5) is 21.7. The van der Waals surface area contributed by atoms with Crippen LogP contribution in [0.15, 0.2) is 18.6 Å². The Bertz CT molecular complexity index is 735. The molecule has 0 saturated heterocycles. The topological polar surface area (TPSA) is 96.2 Å². The summed E-state index contributed by atoms with van der Waals surface area (Å²) < 4.78 is 1.82. The zero-order valence-electron chi connectivity index (χ0n) is 13.3. The predicted molar refractivity (Wildman–Crippen MR) is 87.6 cm³/mol. The van der Waals surface area contributed by atoms with Crippen LogP contribution in [0.5, 0.6) is 0 Å². The third-order valence-corrected chi connectivity index (χ3v) is 4.09. The normalized spacial score (nSPS) is 15.8. The maximum absolute atomic E-state index is 12.0. The van der Waals surface area contributed by atoms with Crippen molar-refractivity contribution in [3.05, 3.63) is 40.7 Å². The molecule has 1 unspecified atom stereocenters. The Labute approximate surface area is 144 Å². The highest BCUT2D eigenvalue weighted by Gasteiger charge is 2.21. The number of aryl methyl sites for hydroxylation is 1. The summed E-state index contributed by atoms with van der Waals surface area (Å²) in [5.74, 6) is -0.383. The van der Waals surface area contributed by atoms with Crippen LogP contribution in [0, 0.1) is 0 Å². The molecule has 1 atom stereocenters. The molecule has 128 valence electrons. The van der Waals surface area contributed by atoms with Crippen LogP contribution in [0.2, 0.25) is 5.15 Å². The van der Waals surface area contributed by atoms with Crippen molar-refractivity contribution >= 4 is 17.5 Å². The summed E-state index contributed by atoms with van der Waals surface area (Å²) in [6.07, 6.45) is 3.44. The van der Waals surface area contributed by atoms with Gasteiger partial charge in [0, 0.05) is 57.5 Å². The number of carbonyl (C=O) groups excluding carboxylic acids is 1. The summed E-state index contributed by atoms with van der Waals surface area (Å²) >= 11 is 5.73. The van der Waals surface area contributed by atoms with Crippen LogP contribution in [0.3, 0.4) is 0 Å². The van der Waals surface area contributed by atoms with Crippen LogP contribution in [-0.4, -0.2) is 61.4 Å². The van der Waals surface area contributed by atoms with Gasteiger partial charge in [-0.2, -0.15) is 5.10 Å². The maximum Gasteiger partial charge on any atom is 0.270 e. The number of nitrogens with one attached hydrogen (secondary N) is 1. The molecule has 24 heavy (non-hydrogen) atoms. The summed E-state index contributed by atoms with van der Waals surface area (Å²) in [5.41, 5.74) is 2.49. The van der Waals surface area contributed by atoms with Crippen molar-refractivity contribution < 1.29 is 9.90 Å². The maximum atomic E-state index is 12.0. The number of fused-ring (bicyclic) bond motifs is 1. The summed E-state index contributed by atoms with van der Waals surface area (Å²) in [6.45, 7) is 2.24. The Morgan fingerprint density at radius 3 is 3.12 bits per heavy atom. The smallest absolute Gasteiger partial charge is 0.270 e.